The van der Waals surface area contributed by atoms with E-state index in [0.29, 0.717) is 16.7 Å². The fraction of sp³-hybridized carbons (Fsp3) is 0.143. The van der Waals surface area contributed by atoms with Crippen LogP contribution in [0.5, 0.6) is 0 Å². The summed E-state index contributed by atoms with van der Waals surface area (Å²) in [6, 6.07) is 0. The Hall–Kier alpha value is -1.29. The van der Waals surface area contributed by atoms with Crippen LogP contribution < -0.4 is 5.73 Å². The van der Waals surface area contributed by atoms with Gasteiger partial charge in [0.05, 0.1) is 0 Å². The van der Waals surface area contributed by atoms with Gasteiger partial charge in [-0.15, -0.1) is 0 Å². The van der Waals surface area contributed by atoms with Crippen molar-refractivity contribution in [2.75, 3.05) is 0 Å². The Morgan fingerprint density at radius 1 is 1.50 bits per heavy atom. The third kappa shape index (κ3) is 1.86. The molecule has 0 spiro atoms. The van der Waals surface area contributed by atoms with Crippen molar-refractivity contribution in [3.63, 3.8) is 0 Å². The molecule has 1 rings (SSSR count). The summed E-state index contributed by atoms with van der Waals surface area (Å²) >= 11 is 0. The van der Waals surface area contributed by atoms with Gasteiger partial charge < -0.3 is 15.8 Å². The summed E-state index contributed by atoms with van der Waals surface area (Å²) in [5.74, 6) is 1.67. The van der Waals surface area contributed by atoms with Crippen LogP contribution in [0.15, 0.2) is 28.9 Å². The monoisotopic (exact) mass is 165 g/mol. The molecule has 12 heavy (non-hydrogen) atoms. The summed E-state index contributed by atoms with van der Waals surface area (Å²) in [4.78, 5) is 10.2. The Labute approximate surface area is 69.8 Å². The van der Waals surface area contributed by atoms with Gasteiger partial charge in [0.2, 0.25) is 0 Å². The summed E-state index contributed by atoms with van der Waals surface area (Å²) in [5, 5.41) is 17.5. The molecule has 0 aliphatic heterocycles. The Kier molecular flexibility index (Phi) is 2.50. The molecule has 62 valence electrons. The number of hydrogen-bond donors (Lipinski definition) is 3. The number of carbonyl (C=O) groups excluding carboxylic acids is 1. The fourth-order valence-electron chi connectivity index (χ4n) is 1.01. The topological polar surface area (TPSA) is 83.6 Å². The van der Waals surface area contributed by atoms with Crippen molar-refractivity contribution in [1.82, 2.24) is 0 Å². The number of rotatable bonds is 1. The van der Waals surface area contributed by atoms with E-state index >= 15 is 0 Å². The van der Waals surface area contributed by atoms with Crippen LogP contribution in [0.3, 0.4) is 0 Å². The van der Waals surface area contributed by atoms with Gasteiger partial charge in [0.25, 0.3) is 0 Å². The maximum absolute atomic E-state index is 10.2. The predicted octanol–water partition coefficient (Wildman–Crippen LogP) is -1.07. The van der Waals surface area contributed by atoms with Crippen LogP contribution in [0, 0.1) is 0 Å². The molecule has 0 saturated heterocycles. The first kappa shape index (κ1) is 8.81. The number of hydrogen-bond acceptors (Lipinski definition) is 4. The van der Waals surface area contributed by atoms with Crippen molar-refractivity contribution in [2.24, 2.45) is 5.73 Å². The lowest BCUT2D eigenvalue weighted by Gasteiger charge is -2.10. The molecule has 0 atom stereocenters. The van der Waals surface area contributed by atoms with E-state index in [1.165, 1.54) is 12.2 Å². The Balaban J connectivity index is 2.95. The van der Waals surface area contributed by atoms with Crippen LogP contribution in [0.1, 0.15) is 6.42 Å². The zero-order valence-corrected chi connectivity index (χ0v) is 6.32. The maximum atomic E-state index is 10.2. The fourth-order valence-corrected chi connectivity index (χ4v) is 1.01. The predicted molar refractivity (Wildman–Crippen MR) is 44.4 cm³/mol. The molecular weight excluding hydrogens is 157 g/mol. The van der Waals surface area contributed by atoms with Gasteiger partial charge in [-0.3, -0.25) is 0 Å². The van der Waals surface area contributed by atoms with Crippen LogP contribution in [0.2, 0.25) is 0 Å². The van der Waals surface area contributed by atoms with E-state index in [1.54, 1.807) is 5.94 Å². The first-order chi connectivity index (χ1) is 5.63. The van der Waals surface area contributed by atoms with Gasteiger partial charge in [-0.2, -0.15) is 0 Å². The molecule has 0 saturated carbocycles. The van der Waals surface area contributed by atoms with E-state index in [0.717, 1.165) is 0 Å². The number of nitrogens with two attached hydrogens (primary N) is 1. The molecular formula is C7H8BNO3. The van der Waals surface area contributed by atoms with Gasteiger partial charge in [0.1, 0.15) is 5.94 Å². The van der Waals surface area contributed by atoms with E-state index in [1.807, 2.05) is 0 Å². The zero-order chi connectivity index (χ0) is 9.14. The standard InChI is InChI=1S/C7H8BNO3/c9-7-2-5(4-10)1-6(3-7)8(11)12/h2-3,11-12H,1,9H2. The van der Waals surface area contributed by atoms with Crippen LogP contribution >= 0.6 is 0 Å². The van der Waals surface area contributed by atoms with Gasteiger partial charge in [0, 0.05) is 17.7 Å². The third-order valence-corrected chi connectivity index (χ3v) is 1.55. The molecule has 5 heteroatoms. The molecule has 0 aromatic carbocycles. The minimum atomic E-state index is -1.56. The van der Waals surface area contributed by atoms with Gasteiger partial charge in [-0.25, -0.2) is 4.79 Å². The minimum Gasteiger partial charge on any atom is -0.423 e. The van der Waals surface area contributed by atoms with Gasteiger partial charge in [-0.1, -0.05) is 0 Å². The lowest BCUT2D eigenvalue weighted by atomic mass is 9.73. The summed E-state index contributed by atoms with van der Waals surface area (Å²) in [6.07, 6.45) is 3.09. The summed E-state index contributed by atoms with van der Waals surface area (Å²) < 4.78 is 0. The number of allylic oxidation sites excluding steroid dienone is 4. The smallest absolute Gasteiger partial charge is 0.423 e. The highest BCUT2D eigenvalue weighted by Crippen LogP contribution is 2.18. The van der Waals surface area contributed by atoms with E-state index in [4.69, 9.17) is 15.8 Å². The quantitative estimate of drug-likeness (QED) is 0.341. The highest BCUT2D eigenvalue weighted by Gasteiger charge is 2.19. The Bertz CT molecular complexity index is 300. The lowest BCUT2D eigenvalue weighted by molar-refractivity contribution is 0.417. The Morgan fingerprint density at radius 3 is 2.67 bits per heavy atom. The SMILES string of the molecule is NC1=CC(=C=O)CC(B(O)O)=C1. The van der Waals surface area contributed by atoms with Crippen molar-refractivity contribution in [3.05, 3.63) is 28.9 Å². The molecule has 4 N–H and O–H groups in total. The minimum absolute atomic E-state index is 0.196. The maximum Gasteiger partial charge on any atom is 0.484 e. The van der Waals surface area contributed by atoms with Crippen LogP contribution in [-0.2, 0) is 4.79 Å². The molecule has 0 fully saturated rings. The largest absolute Gasteiger partial charge is 0.484 e. The lowest BCUT2D eigenvalue weighted by Crippen LogP contribution is -2.19. The van der Waals surface area contributed by atoms with Crippen molar-refractivity contribution in [3.8, 4) is 0 Å². The average molecular weight is 165 g/mol. The second kappa shape index (κ2) is 3.41. The highest BCUT2D eigenvalue weighted by molar-refractivity contribution is 6.51. The van der Waals surface area contributed by atoms with Crippen LogP contribution in [0.4, 0.5) is 0 Å². The molecule has 0 aromatic heterocycles. The highest BCUT2D eigenvalue weighted by atomic mass is 16.4. The van der Waals surface area contributed by atoms with Gasteiger partial charge in [0.15, 0.2) is 0 Å². The average Bonchev–Trinajstić information content (AvgIpc) is 2.03. The van der Waals surface area contributed by atoms with Gasteiger partial charge in [-0.05, 0) is 17.6 Å². The first-order valence-corrected chi connectivity index (χ1v) is 3.41. The van der Waals surface area contributed by atoms with Crippen molar-refractivity contribution >= 4 is 13.1 Å². The van der Waals surface area contributed by atoms with E-state index in [2.05, 4.69) is 0 Å². The molecule has 0 bridgehead atoms. The molecule has 0 heterocycles. The van der Waals surface area contributed by atoms with Crippen molar-refractivity contribution < 1.29 is 14.8 Å². The van der Waals surface area contributed by atoms with Crippen LogP contribution in [-0.4, -0.2) is 23.1 Å². The molecule has 0 radical (unpaired) electrons. The van der Waals surface area contributed by atoms with Crippen molar-refractivity contribution in [2.45, 2.75) is 6.42 Å². The first-order valence-electron chi connectivity index (χ1n) is 3.41. The molecule has 1 aliphatic rings. The normalized spacial score (nSPS) is 16.3. The molecule has 0 amide bonds. The second-order valence-electron chi connectivity index (χ2n) is 2.54. The van der Waals surface area contributed by atoms with E-state index < -0.39 is 7.12 Å². The van der Waals surface area contributed by atoms with Gasteiger partial charge >= 0.3 is 7.12 Å². The zero-order valence-electron chi connectivity index (χ0n) is 6.32. The molecule has 1 aliphatic carbocycles. The summed E-state index contributed by atoms with van der Waals surface area (Å²) in [5.41, 5.74) is 6.37. The second-order valence-corrected chi connectivity index (χ2v) is 2.54. The Morgan fingerprint density at radius 2 is 2.17 bits per heavy atom. The summed E-state index contributed by atoms with van der Waals surface area (Å²) in [7, 11) is -1.56. The third-order valence-electron chi connectivity index (χ3n) is 1.55. The molecule has 4 nitrogen and oxygen atoms in total. The summed E-state index contributed by atoms with van der Waals surface area (Å²) in [6.45, 7) is 0. The molecule has 0 unspecified atom stereocenters. The van der Waals surface area contributed by atoms with E-state index in [-0.39, 0.29) is 6.42 Å². The van der Waals surface area contributed by atoms with Crippen molar-refractivity contribution in [1.29, 1.82) is 0 Å². The molecule has 0 aromatic rings. The van der Waals surface area contributed by atoms with Crippen LogP contribution in [0.25, 0.3) is 0 Å². The van der Waals surface area contributed by atoms with E-state index in [9.17, 15) is 4.79 Å².